The largest absolute Gasteiger partial charge is 0.389 e. The van der Waals surface area contributed by atoms with E-state index in [-0.39, 0.29) is 6.61 Å². The lowest BCUT2D eigenvalue weighted by atomic mass is 9.92. The predicted molar refractivity (Wildman–Crippen MR) is 81.7 cm³/mol. The Morgan fingerprint density at radius 3 is 2.36 bits per heavy atom. The SMILES string of the molecule is CCC1O[C@H](C)C(NS(=O)(=O)O)[C@@H](O)[C@@H]1O[C@@H]1OC[C@@H](O)[C@H](O)C1O. The number of rotatable bonds is 5. The molecule has 3 unspecified atom stereocenters. The molecule has 2 fully saturated rings. The van der Waals surface area contributed by atoms with Crippen LogP contribution in [0, 0.1) is 0 Å². The summed E-state index contributed by atoms with van der Waals surface area (Å²) in [5, 5.41) is 39.6. The molecule has 9 atom stereocenters. The molecule has 148 valence electrons. The highest BCUT2D eigenvalue weighted by Gasteiger charge is 2.48. The van der Waals surface area contributed by atoms with Gasteiger partial charge in [0.25, 0.3) is 0 Å². The zero-order valence-electron chi connectivity index (χ0n) is 13.8. The van der Waals surface area contributed by atoms with Crippen molar-refractivity contribution in [2.45, 2.75) is 75.3 Å². The first kappa shape index (κ1) is 20.9. The van der Waals surface area contributed by atoms with Crippen LogP contribution in [0.1, 0.15) is 20.3 Å². The first-order valence-electron chi connectivity index (χ1n) is 7.94. The zero-order chi connectivity index (χ0) is 18.9. The molecule has 0 aromatic carbocycles. The van der Waals surface area contributed by atoms with Crippen molar-refractivity contribution in [3.8, 4) is 0 Å². The molecule has 11 nitrogen and oxygen atoms in total. The van der Waals surface area contributed by atoms with E-state index in [9.17, 15) is 28.8 Å². The molecule has 0 amide bonds. The fraction of sp³-hybridized carbons (Fsp3) is 1.00. The van der Waals surface area contributed by atoms with E-state index < -0.39 is 65.4 Å². The van der Waals surface area contributed by atoms with Crippen molar-refractivity contribution in [3.05, 3.63) is 0 Å². The minimum Gasteiger partial charge on any atom is -0.389 e. The summed E-state index contributed by atoms with van der Waals surface area (Å²) in [6, 6.07) is -1.20. The summed E-state index contributed by atoms with van der Waals surface area (Å²) in [4.78, 5) is 0. The van der Waals surface area contributed by atoms with E-state index in [0.29, 0.717) is 6.42 Å². The molecule has 0 bridgehead atoms. The van der Waals surface area contributed by atoms with Crippen LogP contribution in [0.3, 0.4) is 0 Å². The summed E-state index contributed by atoms with van der Waals surface area (Å²) >= 11 is 0. The van der Waals surface area contributed by atoms with E-state index in [1.165, 1.54) is 6.92 Å². The van der Waals surface area contributed by atoms with Crippen molar-refractivity contribution >= 4 is 10.3 Å². The molecule has 12 heteroatoms. The third-order valence-electron chi connectivity index (χ3n) is 4.40. The summed E-state index contributed by atoms with van der Waals surface area (Å²) in [7, 11) is -4.60. The Morgan fingerprint density at radius 1 is 1.16 bits per heavy atom. The van der Waals surface area contributed by atoms with Crippen LogP contribution in [0.25, 0.3) is 0 Å². The molecule has 2 aliphatic heterocycles. The first-order valence-corrected chi connectivity index (χ1v) is 9.38. The van der Waals surface area contributed by atoms with E-state index in [4.69, 9.17) is 18.8 Å². The van der Waals surface area contributed by atoms with Gasteiger partial charge < -0.3 is 34.6 Å². The first-order chi connectivity index (χ1) is 11.5. The number of aliphatic hydroxyl groups excluding tert-OH is 4. The molecular formula is C13H25NO10S. The number of aliphatic hydroxyl groups is 4. The van der Waals surface area contributed by atoms with Gasteiger partial charge in [-0.15, -0.1) is 0 Å². The van der Waals surface area contributed by atoms with E-state index in [2.05, 4.69) is 0 Å². The molecule has 0 aliphatic carbocycles. The van der Waals surface area contributed by atoms with Crippen molar-refractivity contribution in [1.82, 2.24) is 4.72 Å². The minimum atomic E-state index is -4.60. The predicted octanol–water partition coefficient (Wildman–Crippen LogP) is -2.87. The van der Waals surface area contributed by atoms with Crippen LogP contribution in [0.5, 0.6) is 0 Å². The summed E-state index contributed by atoms with van der Waals surface area (Å²) in [6.07, 6.45) is -9.23. The van der Waals surface area contributed by atoms with Gasteiger partial charge in [-0.2, -0.15) is 13.1 Å². The second-order valence-corrected chi connectivity index (χ2v) is 7.43. The fourth-order valence-corrected chi connectivity index (χ4v) is 3.70. The molecule has 0 spiro atoms. The highest BCUT2D eigenvalue weighted by molar-refractivity contribution is 7.83. The summed E-state index contributed by atoms with van der Waals surface area (Å²) in [5.74, 6) is 0. The van der Waals surface area contributed by atoms with Crippen molar-refractivity contribution in [1.29, 1.82) is 0 Å². The van der Waals surface area contributed by atoms with E-state index >= 15 is 0 Å². The second kappa shape index (κ2) is 8.08. The highest BCUT2D eigenvalue weighted by atomic mass is 32.2. The Hall–Kier alpha value is -0.410. The number of nitrogens with one attached hydrogen (secondary N) is 1. The molecular weight excluding hydrogens is 362 g/mol. The van der Waals surface area contributed by atoms with Crippen LogP contribution < -0.4 is 4.72 Å². The van der Waals surface area contributed by atoms with Crippen LogP contribution in [-0.4, -0.2) is 95.1 Å². The highest BCUT2D eigenvalue weighted by Crippen LogP contribution is 2.29. The Balaban J connectivity index is 2.15. The molecule has 2 rings (SSSR count). The van der Waals surface area contributed by atoms with Crippen LogP contribution in [0.2, 0.25) is 0 Å². The van der Waals surface area contributed by atoms with Crippen LogP contribution in [-0.2, 0) is 24.5 Å². The Labute approximate surface area is 145 Å². The van der Waals surface area contributed by atoms with Gasteiger partial charge in [0.2, 0.25) is 0 Å². The molecule has 6 N–H and O–H groups in total. The molecule has 25 heavy (non-hydrogen) atoms. The topological polar surface area (TPSA) is 175 Å². The summed E-state index contributed by atoms with van der Waals surface area (Å²) in [5.41, 5.74) is 0. The van der Waals surface area contributed by atoms with Crippen LogP contribution in [0.4, 0.5) is 0 Å². The smallest absolute Gasteiger partial charge is 0.333 e. The molecule has 0 aromatic rings. The van der Waals surface area contributed by atoms with Gasteiger partial charge >= 0.3 is 10.3 Å². The Morgan fingerprint density at radius 2 is 1.80 bits per heavy atom. The molecule has 0 aromatic heterocycles. The molecule has 2 saturated heterocycles. The van der Waals surface area contributed by atoms with Crippen LogP contribution in [0.15, 0.2) is 0 Å². The third kappa shape index (κ3) is 4.86. The van der Waals surface area contributed by atoms with Crippen LogP contribution >= 0.6 is 0 Å². The fourth-order valence-electron chi connectivity index (χ4n) is 3.03. The van der Waals surface area contributed by atoms with E-state index in [1.807, 2.05) is 4.72 Å². The van der Waals surface area contributed by atoms with Gasteiger partial charge in [-0.1, -0.05) is 6.92 Å². The molecule has 0 saturated carbocycles. The summed E-state index contributed by atoms with van der Waals surface area (Å²) < 4.78 is 49.3. The third-order valence-corrected chi connectivity index (χ3v) is 4.97. The molecule has 2 aliphatic rings. The number of hydrogen-bond donors (Lipinski definition) is 6. The van der Waals surface area contributed by atoms with Gasteiger partial charge in [-0.3, -0.25) is 4.55 Å². The van der Waals surface area contributed by atoms with Gasteiger partial charge in [0.15, 0.2) is 6.29 Å². The van der Waals surface area contributed by atoms with Gasteiger partial charge in [0, 0.05) is 0 Å². The maximum absolute atomic E-state index is 11.1. The van der Waals surface area contributed by atoms with E-state index in [1.54, 1.807) is 6.92 Å². The molecule has 0 radical (unpaired) electrons. The normalized spacial score (nSPS) is 46.1. The maximum Gasteiger partial charge on any atom is 0.333 e. The Bertz CT molecular complexity index is 545. The van der Waals surface area contributed by atoms with Gasteiger partial charge in [0.1, 0.15) is 30.5 Å². The quantitative estimate of drug-likeness (QED) is 0.269. The maximum atomic E-state index is 11.1. The summed E-state index contributed by atoms with van der Waals surface area (Å²) in [6.45, 7) is 3.00. The van der Waals surface area contributed by atoms with Crippen molar-refractivity contribution in [3.63, 3.8) is 0 Å². The van der Waals surface area contributed by atoms with Crippen molar-refractivity contribution < 1.29 is 47.6 Å². The zero-order valence-corrected chi connectivity index (χ0v) is 14.6. The lowest BCUT2D eigenvalue weighted by Crippen LogP contribution is -2.65. The minimum absolute atomic E-state index is 0.285. The number of ether oxygens (including phenoxy) is 3. The standard InChI is InChI=1S/C13H25NO10S/c1-3-7-12(24-13-11(18)9(16)6(15)4-22-13)10(17)8(5(2)23-7)14-25(19,20)21/h5-18H,3-4H2,1-2H3,(H,19,20,21)/t5-,6-,7?,8?,9+,10-,11?,12-,13+/m1/s1. The van der Waals surface area contributed by atoms with Gasteiger partial charge in [0.05, 0.1) is 24.9 Å². The second-order valence-electron chi connectivity index (χ2n) is 6.25. The number of hydrogen-bond acceptors (Lipinski definition) is 9. The lowest BCUT2D eigenvalue weighted by Gasteiger charge is -2.45. The van der Waals surface area contributed by atoms with Crippen molar-refractivity contribution in [2.24, 2.45) is 0 Å². The average molecular weight is 387 g/mol. The van der Waals surface area contributed by atoms with Gasteiger partial charge in [-0.05, 0) is 13.3 Å². The van der Waals surface area contributed by atoms with Gasteiger partial charge in [-0.25, -0.2) is 0 Å². The monoisotopic (exact) mass is 387 g/mol. The lowest BCUT2D eigenvalue weighted by molar-refractivity contribution is -0.313. The average Bonchev–Trinajstić information content (AvgIpc) is 2.52. The molecule has 2 heterocycles. The Kier molecular flexibility index (Phi) is 6.76. The van der Waals surface area contributed by atoms with E-state index in [0.717, 1.165) is 0 Å². The van der Waals surface area contributed by atoms with Crippen molar-refractivity contribution in [2.75, 3.05) is 6.61 Å².